The SMILES string of the molecule is COc1ccc2c(CC(=O)Nc3ccccc3C)coc2c1. The molecule has 112 valence electrons. The van der Waals surface area contributed by atoms with Crippen molar-refractivity contribution in [2.75, 3.05) is 12.4 Å². The summed E-state index contributed by atoms with van der Waals surface area (Å²) in [5.74, 6) is 0.672. The molecule has 1 heterocycles. The molecule has 4 nitrogen and oxygen atoms in total. The van der Waals surface area contributed by atoms with Crippen LogP contribution in [0.2, 0.25) is 0 Å². The minimum Gasteiger partial charge on any atom is -0.497 e. The topological polar surface area (TPSA) is 51.5 Å². The van der Waals surface area contributed by atoms with Gasteiger partial charge >= 0.3 is 0 Å². The molecule has 0 aliphatic carbocycles. The summed E-state index contributed by atoms with van der Waals surface area (Å²) in [6, 6.07) is 13.3. The molecule has 0 bridgehead atoms. The van der Waals surface area contributed by atoms with E-state index in [1.165, 1.54) is 0 Å². The third-order valence-electron chi connectivity index (χ3n) is 3.63. The quantitative estimate of drug-likeness (QED) is 0.793. The Morgan fingerprint density at radius 2 is 2.05 bits per heavy atom. The second-order valence-electron chi connectivity index (χ2n) is 5.16. The number of carbonyl (C=O) groups is 1. The molecular weight excluding hydrogens is 278 g/mol. The molecule has 22 heavy (non-hydrogen) atoms. The minimum absolute atomic E-state index is 0.0622. The standard InChI is InChI=1S/C18H17NO3/c1-12-5-3-4-6-16(12)19-18(20)9-13-11-22-17-10-14(21-2)7-8-15(13)17/h3-8,10-11H,9H2,1-2H3,(H,19,20). The van der Waals surface area contributed by atoms with Crippen molar-refractivity contribution in [2.45, 2.75) is 13.3 Å². The van der Waals surface area contributed by atoms with Gasteiger partial charge in [0.2, 0.25) is 5.91 Å². The van der Waals surface area contributed by atoms with Crippen molar-refractivity contribution >= 4 is 22.6 Å². The van der Waals surface area contributed by atoms with Crippen LogP contribution in [0.3, 0.4) is 0 Å². The highest BCUT2D eigenvalue weighted by atomic mass is 16.5. The summed E-state index contributed by atoms with van der Waals surface area (Å²) in [7, 11) is 1.61. The first kappa shape index (κ1) is 14.2. The number of nitrogens with one attached hydrogen (secondary N) is 1. The van der Waals surface area contributed by atoms with Crippen molar-refractivity contribution < 1.29 is 13.9 Å². The summed E-state index contributed by atoms with van der Waals surface area (Å²) in [6.45, 7) is 1.97. The van der Waals surface area contributed by atoms with Crippen LogP contribution in [-0.2, 0) is 11.2 Å². The van der Waals surface area contributed by atoms with Crippen LogP contribution in [0.5, 0.6) is 5.75 Å². The van der Waals surface area contributed by atoms with Crippen LogP contribution >= 0.6 is 0 Å². The largest absolute Gasteiger partial charge is 0.497 e. The van der Waals surface area contributed by atoms with Gasteiger partial charge in [-0.2, -0.15) is 0 Å². The molecule has 0 saturated heterocycles. The molecular formula is C18H17NO3. The number of anilines is 1. The predicted octanol–water partition coefficient (Wildman–Crippen LogP) is 3.93. The van der Waals surface area contributed by atoms with Crippen LogP contribution in [0.25, 0.3) is 11.0 Å². The van der Waals surface area contributed by atoms with E-state index in [1.807, 2.05) is 49.4 Å². The third-order valence-corrected chi connectivity index (χ3v) is 3.63. The fourth-order valence-corrected chi connectivity index (χ4v) is 2.41. The second kappa shape index (κ2) is 5.93. The molecule has 1 N–H and O–H groups in total. The van der Waals surface area contributed by atoms with Crippen LogP contribution in [0.4, 0.5) is 5.69 Å². The fraction of sp³-hybridized carbons (Fsp3) is 0.167. The van der Waals surface area contributed by atoms with Crippen LogP contribution in [0.1, 0.15) is 11.1 Å². The molecule has 0 fully saturated rings. The Morgan fingerprint density at radius 1 is 1.23 bits per heavy atom. The Hall–Kier alpha value is -2.75. The molecule has 4 heteroatoms. The Balaban J connectivity index is 1.78. The lowest BCUT2D eigenvalue weighted by atomic mass is 10.1. The highest BCUT2D eigenvalue weighted by Crippen LogP contribution is 2.26. The number of furan rings is 1. The van der Waals surface area contributed by atoms with Crippen molar-refractivity contribution in [1.82, 2.24) is 0 Å². The number of fused-ring (bicyclic) bond motifs is 1. The highest BCUT2D eigenvalue weighted by molar-refractivity contribution is 5.95. The van der Waals surface area contributed by atoms with Crippen LogP contribution in [0, 0.1) is 6.92 Å². The van der Waals surface area contributed by atoms with Gasteiger partial charge in [-0.25, -0.2) is 0 Å². The number of benzene rings is 2. The minimum atomic E-state index is -0.0622. The number of para-hydroxylation sites is 1. The molecule has 0 saturated carbocycles. The monoisotopic (exact) mass is 295 g/mol. The molecule has 3 aromatic rings. The van der Waals surface area contributed by atoms with E-state index in [2.05, 4.69) is 5.32 Å². The number of amides is 1. The van der Waals surface area contributed by atoms with Crippen molar-refractivity contribution in [1.29, 1.82) is 0 Å². The van der Waals surface area contributed by atoms with Gasteiger partial charge in [0, 0.05) is 22.7 Å². The van der Waals surface area contributed by atoms with Crippen molar-refractivity contribution in [3.05, 3.63) is 59.9 Å². The zero-order valence-electron chi connectivity index (χ0n) is 12.6. The molecule has 0 atom stereocenters. The molecule has 0 aliphatic heterocycles. The maximum absolute atomic E-state index is 12.2. The van der Waals surface area contributed by atoms with E-state index in [4.69, 9.17) is 9.15 Å². The maximum atomic E-state index is 12.2. The Morgan fingerprint density at radius 3 is 2.82 bits per heavy atom. The van der Waals surface area contributed by atoms with E-state index in [9.17, 15) is 4.79 Å². The first-order valence-corrected chi connectivity index (χ1v) is 7.07. The first-order valence-electron chi connectivity index (χ1n) is 7.07. The summed E-state index contributed by atoms with van der Waals surface area (Å²) < 4.78 is 10.7. The van der Waals surface area contributed by atoms with E-state index >= 15 is 0 Å². The van der Waals surface area contributed by atoms with Gasteiger partial charge < -0.3 is 14.5 Å². The zero-order valence-corrected chi connectivity index (χ0v) is 12.6. The second-order valence-corrected chi connectivity index (χ2v) is 5.16. The van der Waals surface area contributed by atoms with Gasteiger partial charge in [0.15, 0.2) is 0 Å². The highest BCUT2D eigenvalue weighted by Gasteiger charge is 2.12. The van der Waals surface area contributed by atoms with E-state index in [-0.39, 0.29) is 12.3 Å². The van der Waals surface area contributed by atoms with Gasteiger partial charge in [-0.05, 0) is 30.7 Å². The average Bonchev–Trinajstić information content (AvgIpc) is 2.91. The van der Waals surface area contributed by atoms with Gasteiger partial charge in [0.1, 0.15) is 11.3 Å². The van der Waals surface area contributed by atoms with Gasteiger partial charge in [0.25, 0.3) is 0 Å². The normalized spacial score (nSPS) is 10.6. The molecule has 0 radical (unpaired) electrons. The van der Waals surface area contributed by atoms with Crippen molar-refractivity contribution in [3.8, 4) is 5.75 Å². The number of carbonyl (C=O) groups excluding carboxylic acids is 1. The Bertz CT molecular complexity index is 820. The predicted molar refractivity (Wildman–Crippen MR) is 86.3 cm³/mol. The number of hydrogen-bond donors (Lipinski definition) is 1. The van der Waals surface area contributed by atoms with Crippen LogP contribution in [-0.4, -0.2) is 13.0 Å². The van der Waals surface area contributed by atoms with E-state index in [1.54, 1.807) is 13.4 Å². The molecule has 1 amide bonds. The number of methoxy groups -OCH3 is 1. The molecule has 0 spiro atoms. The maximum Gasteiger partial charge on any atom is 0.228 e. The molecule has 0 unspecified atom stereocenters. The summed E-state index contributed by atoms with van der Waals surface area (Å²) >= 11 is 0. The van der Waals surface area contributed by atoms with Crippen molar-refractivity contribution in [3.63, 3.8) is 0 Å². The number of ether oxygens (including phenoxy) is 1. The molecule has 0 aliphatic rings. The fourth-order valence-electron chi connectivity index (χ4n) is 2.41. The summed E-state index contributed by atoms with van der Waals surface area (Å²) in [5, 5.41) is 3.86. The smallest absolute Gasteiger partial charge is 0.228 e. The van der Waals surface area contributed by atoms with E-state index < -0.39 is 0 Å². The van der Waals surface area contributed by atoms with Gasteiger partial charge in [0.05, 0.1) is 19.8 Å². The molecule has 2 aromatic carbocycles. The summed E-state index contributed by atoms with van der Waals surface area (Å²) in [4.78, 5) is 12.2. The average molecular weight is 295 g/mol. The molecule has 3 rings (SSSR count). The van der Waals surface area contributed by atoms with Gasteiger partial charge in [-0.1, -0.05) is 18.2 Å². The lowest BCUT2D eigenvalue weighted by Crippen LogP contribution is -2.14. The van der Waals surface area contributed by atoms with E-state index in [0.29, 0.717) is 0 Å². The van der Waals surface area contributed by atoms with E-state index in [0.717, 1.165) is 33.5 Å². The number of rotatable bonds is 4. The van der Waals surface area contributed by atoms with Crippen LogP contribution in [0.15, 0.2) is 53.1 Å². The van der Waals surface area contributed by atoms with Gasteiger partial charge in [-0.3, -0.25) is 4.79 Å². The third kappa shape index (κ3) is 2.81. The van der Waals surface area contributed by atoms with Crippen molar-refractivity contribution in [2.24, 2.45) is 0 Å². The zero-order chi connectivity index (χ0) is 15.5. The van der Waals surface area contributed by atoms with Crippen LogP contribution < -0.4 is 10.1 Å². The molecule has 1 aromatic heterocycles. The van der Waals surface area contributed by atoms with Gasteiger partial charge in [-0.15, -0.1) is 0 Å². The number of aryl methyl sites for hydroxylation is 1. The lowest BCUT2D eigenvalue weighted by molar-refractivity contribution is -0.115. The lowest BCUT2D eigenvalue weighted by Gasteiger charge is -2.07. The summed E-state index contributed by atoms with van der Waals surface area (Å²) in [6.07, 6.45) is 1.90. The summed E-state index contributed by atoms with van der Waals surface area (Å²) in [5.41, 5.74) is 3.46. The Kier molecular flexibility index (Phi) is 3.83. The first-order chi connectivity index (χ1) is 10.7. The number of hydrogen-bond acceptors (Lipinski definition) is 3. The Labute approximate surface area is 128 Å².